The number of benzene rings is 2. The van der Waals surface area contributed by atoms with Crippen molar-refractivity contribution in [3.05, 3.63) is 63.7 Å². The SMILES string of the molecule is CCOc1ccc(C(=O)NCCC2C=c3ccc(C)c(C)c3=NC2=O)cc1. The van der Waals surface area contributed by atoms with E-state index in [9.17, 15) is 9.59 Å². The van der Waals surface area contributed by atoms with Gasteiger partial charge in [0.2, 0.25) is 0 Å². The van der Waals surface area contributed by atoms with Crippen LogP contribution in [0.15, 0.2) is 41.4 Å². The van der Waals surface area contributed by atoms with Crippen LogP contribution in [0.1, 0.15) is 34.8 Å². The Balaban J connectivity index is 1.61. The van der Waals surface area contributed by atoms with Crippen molar-refractivity contribution in [2.45, 2.75) is 27.2 Å². The lowest BCUT2D eigenvalue weighted by Crippen LogP contribution is -2.37. The molecule has 140 valence electrons. The van der Waals surface area contributed by atoms with Crippen LogP contribution in [0, 0.1) is 19.8 Å². The molecule has 2 amide bonds. The smallest absolute Gasteiger partial charge is 0.253 e. The molecule has 3 rings (SSSR count). The highest BCUT2D eigenvalue weighted by molar-refractivity contribution is 5.94. The van der Waals surface area contributed by atoms with Crippen molar-refractivity contribution in [3.8, 4) is 5.75 Å². The Morgan fingerprint density at radius 1 is 1.15 bits per heavy atom. The number of ether oxygens (including phenoxy) is 1. The van der Waals surface area contributed by atoms with Crippen molar-refractivity contribution in [1.29, 1.82) is 0 Å². The molecule has 1 aliphatic heterocycles. The van der Waals surface area contributed by atoms with Gasteiger partial charge in [-0.05, 0) is 67.8 Å². The molecule has 0 radical (unpaired) electrons. The van der Waals surface area contributed by atoms with Gasteiger partial charge in [0.15, 0.2) is 0 Å². The van der Waals surface area contributed by atoms with Crippen LogP contribution in [-0.4, -0.2) is 25.0 Å². The van der Waals surface area contributed by atoms with Crippen LogP contribution in [0.4, 0.5) is 0 Å². The van der Waals surface area contributed by atoms with Gasteiger partial charge in [-0.1, -0.05) is 18.2 Å². The van der Waals surface area contributed by atoms with E-state index in [1.807, 2.05) is 39.0 Å². The topological polar surface area (TPSA) is 67.8 Å². The largest absolute Gasteiger partial charge is 0.494 e. The zero-order valence-corrected chi connectivity index (χ0v) is 15.9. The van der Waals surface area contributed by atoms with E-state index < -0.39 is 0 Å². The molecule has 1 heterocycles. The lowest BCUT2D eigenvalue weighted by atomic mass is 9.98. The fourth-order valence-electron chi connectivity index (χ4n) is 3.11. The lowest BCUT2D eigenvalue weighted by molar-refractivity contribution is -0.120. The fraction of sp³-hybridized carbons (Fsp3) is 0.318. The normalized spacial score (nSPS) is 15.4. The number of carbonyl (C=O) groups is 2. The summed E-state index contributed by atoms with van der Waals surface area (Å²) in [6, 6.07) is 11.1. The molecule has 0 bridgehead atoms. The van der Waals surface area contributed by atoms with Crippen molar-refractivity contribution in [3.63, 3.8) is 0 Å². The predicted molar refractivity (Wildman–Crippen MR) is 104 cm³/mol. The predicted octanol–water partition coefficient (Wildman–Crippen LogP) is 2.08. The van der Waals surface area contributed by atoms with Crippen LogP contribution < -0.4 is 20.6 Å². The highest BCUT2D eigenvalue weighted by Gasteiger charge is 2.19. The van der Waals surface area contributed by atoms with Crippen LogP contribution in [0.3, 0.4) is 0 Å². The molecule has 0 fully saturated rings. The van der Waals surface area contributed by atoms with E-state index in [-0.39, 0.29) is 17.7 Å². The van der Waals surface area contributed by atoms with Gasteiger partial charge in [-0.3, -0.25) is 9.59 Å². The van der Waals surface area contributed by atoms with Crippen molar-refractivity contribution in [2.75, 3.05) is 13.2 Å². The van der Waals surface area contributed by atoms with E-state index in [0.717, 1.165) is 27.5 Å². The fourth-order valence-corrected chi connectivity index (χ4v) is 3.11. The molecule has 0 spiro atoms. The minimum atomic E-state index is -0.305. The van der Waals surface area contributed by atoms with Crippen molar-refractivity contribution in [2.24, 2.45) is 10.9 Å². The second kappa shape index (κ2) is 8.16. The Bertz CT molecular complexity index is 978. The third kappa shape index (κ3) is 4.25. The Hall–Kier alpha value is -2.95. The number of hydrogen-bond acceptors (Lipinski definition) is 3. The molecule has 1 aliphatic rings. The summed E-state index contributed by atoms with van der Waals surface area (Å²) < 4.78 is 5.37. The number of carbonyl (C=O) groups excluding carboxylic acids is 2. The molecule has 0 saturated carbocycles. The van der Waals surface area contributed by atoms with E-state index in [4.69, 9.17) is 4.74 Å². The summed E-state index contributed by atoms with van der Waals surface area (Å²) in [4.78, 5) is 28.9. The van der Waals surface area contributed by atoms with Crippen LogP contribution in [-0.2, 0) is 4.79 Å². The molecule has 1 unspecified atom stereocenters. The van der Waals surface area contributed by atoms with Crippen LogP contribution >= 0.6 is 0 Å². The first-order chi connectivity index (χ1) is 13.0. The lowest BCUT2D eigenvalue weighted by Gasteiger charge is -2.14. The Morgan fingerprint density at radius 3 is 2.59 bits per heavy atom. The van der Waals surface area contributed by atoms with Gasteiger partial charge >= 0.3 is 0 Å². The van der Waals surface area contributed by atoms with Gasteiger partial charge in [0, 0.05) is 12.1 Å². The van der Waals surface area contributed by atoms with Gasteiger partial charge in [-0.25, -0.2) is 4.99 Å². The van der Waals surface area contributed by atoms with Gasteiger partial charge < -0.3 is 10.1 Å². The molecule has 5 nitrogen and oxygen atoms in total. The molecule has 2 aromatic carbocycles. The Kier molecular flexibility index (Phi) is 5.69. The quantitative estimate of drug-likeness (QED) is 0.853. The van der Waals surface area contributed by atoms with E-state index in [1.54, 1.807) is 24.3 Å². The summed E-state index contributed by atoms with van der Waals surface area (Å²) >= 11 is 0. The van der Waals surface area contributed by atoms with Crippen LogP contribution in [0.5, 0.6) is 5.75 Å². The first-order valence-electron chi connectivity index (χ1n) is 9.21. The molecule has 2 aromatic rings. The number of rotatable bonds is 6. The monoisotopic (exact) mass is 364 g/mol. The minimum absolute atomic E-state index is 0.147. The molecular weight excluding hydrogens is 340 g/mol. The van der Waals surface area contributed by atoms with Gasteiger partial charge in [-0.15, -0.1) is 0 Å². The maximum Gasteiger partial charge on any atom is 0.253 e. The third-order valence-corrected chi connectivity index (χ3v) is 4.82. The zero-order chi connectivity index (χ0) is 19.4. The molecule has 0 aromatic heterocycles. The first-order valence-corrected chi connectivity index (χ1v) is 9.21. The standard InChI is InChI=1S/C22H24N2O3/c1-4-27-19-9-7-16(8-10-19)21(25)23-12-11-18-13-17-6-5-14(2)15(3)20(17)24-22(18)26/h5-10,13,18H,4,11-12H2,1-3H3,(H,23,25). The summed E-state index contributed by atoms with van der Waals surface area (Å²) in [5, 5.41) is 4.63. The van der Waals surface area contributed by atoms with Crippen molar-refractivity contribution >= 4 is 17.9 Å². The molecule has 0 saturated heterocycles. The van der Waals surface area contributed by atoms with Crippen molar-refractivity contribution < 1.29 is 14.3 Å². The number of hydrogen-bond donors (Lipinski definition) is 1. The van der Waals surface area contributed by atoms with E-state index >= 15 is 0 Å². The van der Waals surface area contributed by atoms with E-state index in [1.165, 1.54) is 0 Å². The van der Waals surface area contributed by atoms with Gasteiger partial charge in [-0.2, -0.15) is 0 Å². The number of amides is 2. The van der Waals surface area contributed by atoms with E-state index in [0.29, 0.717) is 25.1 Å². The number of nitrogens with one attached hydrogen (secondary N) is 1. The number of nitrogens with zero attached hydrogens (tertiary/aromatic N) is 1. The summed E-state index contributed by atoms with van der Waals surface area (Å²) in [6.45, 7) is 6.91. The van der Waals surface area contributed by atoms with E-state index in [2.05, 4.69) is 10.3 Å². The number of aryl methyl sites for hydroxylation is 1. The Labute approximate surface area is 158 Å². The average Bonchev–Trinajstić information content (AvgIpc) is 2.66. The van der Waals surface area contributed by atoms with Gasteiger partial charge in [0.1, 0.15) is 5.75 Å². The third-order valence-electron chi connectivity index (χ3n) is 4.82. The highest BCUT2D eigenvalue weighted by atomic mass is 16.5. The maximum absolute atomic E-state index is 12.3. The molecule has 0 aliphatic carbocycles. The summed E-state index contributed by atoms with van der Waals surface area (Å²) in [5.41, 5.74) is 2.73. The zero-order valence-electron chi connectivity index (χ0n) is 15.9. The summed E-state index contributed by atoms with van der Waals surface area (Å²) in [5.74, 6) is 0.124. The second-order valence-electron chi connectivity index (χ2n) is 6.67. The second-order valence-corrected chi connectivity index (χ2v) is 6.67. The van der Waals surface area contributed by atoms with Gasteiger partial charge in [0.25, 0.3) is 11.8 Å². The first kappa shape index (κ1) is 18.8. The molecular formula is C22H24N2O3. The average molecular weight is 364 g/mol. The maximum atomic E-state index is 12.3. The van der Waals surface area contributed by atoms with Crippen molar-refractivity contribution in [1.82, 2.24) is 5.32 Å². The molecule has 1 N–H and O–H groups in total. The molecule has 5 heteroatoms. The Morgan fingerprint density at radius 2 is 1.89 bits per heavy atom. The number of fused-ring (bicyclic) bond motifs is 1. The van der Waals surface area contributed by atoms with Crippen LogP contribution in [0.2, 0.25) is 0 Å². The highest BCUT2D eigenvalue weighted by Crippen LogP contribution is 2.13. The summed E-state index contributed by atoms with van der Waals surface area (Å²) in [6.07, 6.45) is 2.48. The minimum Gasteiger partial charge on any atom is -0.494 e. The molecule has 27 heavy (non-hydrogen) atoms. The molecule has 1 atom stereocenters. The van der Waals surface area contributed by atoms with Crippen LogP contribution in [0.25, 0.3) is 6.08 Å². The van der Waals surface area contributed by atoms with Gasteiger partial charge in [0.05, 0.1) is 17.9 Å². The summed E-state index contributed by atoms with van der Waals surface area (Å²) in [7, 11) is 0.